The van der Waals surface area contributed by atoms with Crippen LogP contribution >= 0.6 is 11.3 Å². The number of ether oxygens (including phenoxy) is 1. The fourth-order valence-corrected chi connectivity index (χ4v) is 3.78. The molecule has 0 aliphatic carbocycles. The molecule has 1 aromatic heterocycles. The molecule has 25 heavy (non-hydrogen) atoms. The number of hydrogen-bond acceptors (Lipinski definition) is 6. The lowest BCUT2D eigenvalue weighted by Gasteiger charge is -2.04. The van der Waals surface area contributed by atoms with E-state index in [9.17, 15) is 18.0 Å². The molecule has 9 heteroatoms. The van der Waals surface area contributed by atoms with Crippen molar-refractivity contribution in [1.29, 1.82) is 0 Å². The van der Waals surface area contributed by atoms with Gasteiger partial charge in [0, 0.05) is 13.5 Å². The average Bonchev–Trinajstić information content (AvgIpc) is 2.84. The molecular formula is C16H18N2O5S2. The molecule has 0 fully saturated rings. The van der Waals surface area contributed by atoms with Crippen LogP contribution in [0.25, 0.3) is 10.2 Å². The SMILES string of the molecule is C=CCn1c(=NC(=O)CS(=O)(=O)C(C)=O)sc2cc(OCC)ccc21. The van der Waals surface area contributed by atoms with Crippen molar-refractivity contribution in [2.75, 3.05) is 12.4 Å². The van der Waals surface area contributed by atoms with Crippen molar-refractivity contribution in [3.8, 4) is 5.75 Å². The predicted molar refractivity (Wildman–Crippen MR) is 96.2 cm³/mol. The van der Waals surface area contributed by atoms with Gasteiger partial charge in [-0.05, 0) is 25.1 Å². The average molecular weight is 382 g/mol. The van der Waals surface area contributed by atoms with E-state index in [0.717, 1.165) is 17.1 Å². The van der Waals surface area contributed by atoms with Gasteiger partial charge in [-0.2, -0.15) is 4.99 Å². The van der Waals surface area contributed by atoms with E-state index in [0.29, 0.717) is 23.7 Å². The second kappa shape index (κ2) is 7.75. The Morgan fingerprint density at radius 3 is 2.72 bits per heavy atom. The Balaban J connectivity index is 2.51. The Labute approximate surface area is 149 Å². The molecule has 1 heterocycles. The van der Waals surface area contributed by atoms with Crippen LogP contribution in [0.15, 0.2) is 35.8 Å². The summed E-state index contributed by atoms with van der Waals surface area (Å²) in [6.45, 7) is 7.41. The topological polar surface area (TPSA) is 94.8 Å². The maximum atomic E-state index is 12.0. The van der Waals surface area contributed by atoms with Gasteiger partial charge in [0.25, 0.3) is 5.91 Å². The zero-order valence-corrected chi connectivity index (χ0v) is 15.5. The van der Waals surface area contributed by atoms with Gasteiger partial charge in [-0.25, -0.2) is 8.42 Å². The second-order valence-corrected chi connectivity index (χ2v) is 8.20. The lowest BCUT2D eigenvalue weighted by molar-refractivity contribution is -0.116. The van der Waals surface area contributed by atoms with E-state index in [-0.39, 0.29) is 0 Å². The predicted octanol–water partition coefficient (Wildman–Crippen LogP) is 1.68. The van der Waals surface area contributed by atoms with E-state index in [1.165, 1.54) is 11.3 Å². The van der Waals surface area contributed by atoms with Gasteiger partial charge in [-0.3, -0.25) is 9.59 Å². The number of amides is 1. The van der Waals surface area contributed by atoms with Gasteiger partial charge in [-0.1, -0.05) is 17.4 Å². The number of nitrogens with zero attached hydrogens (tertiary/aromatic N) is 2. The standard InChI is InChI=1S/C16H18N2O5S2/c1-4-8-18-13-7-6-12(23-5-2)9-14(13)24-16(18)17-15(20)10-25(21,22)11(3)19/h4,6-7,9H,1,5,8,10H2,2-3H3. The molecule has 1 amide bonds. The molecular weight excluding hydrogens is 364 g/mol. The first kappa shape index (κ1) is 19.1. The Morgan fingerprint density at radius 2 is 2.12 bits per heavy atom. The van der Waals surface area contributed by atoms with Crippen LogP contribution in [0.1, 0.15) is 13.8 Å². The van der Waals surface area contributed by atoms with Gasteiger partial charge in [0.05, 0.1) is 16.8 Å². The monoisotopic (exact) mass is 382 g/mol. The molecule has 0 aliphatic rings. The number of carbonyl (C=O) groups is 2. The largest absolute Gasteiger partial charge is 0.494 e. The fourth-order valence-electron chi connectivity index (χ4n) is 2.10. The van der Waals surface area contributed by atoms with Crippen LogP contribution < -0.4 is 9.54 Å². The summed E-state index contributed by atoms with van der Waals surface area (Å²) < 4.78 is 31.2. The molecule has 0 atom stereocenters. The highest BCUT2D eigenvalue weighted by molar-refractivity contribution is 8.06. The molecule has 0 radical (unpaired) electrons. The highest BCUT2D eigenvalue weighted by Crippen LogP contribution is 2.23. The van der Waals surface area contributed by atoms with Gasteiger partial charge in [0.2, 0.25) is 15.0 Å². The molecule has 0 saturated carbocycles. The number of aromatic nitrogens is 1. The summed E-state index contributed by atoms with van der Waals surface area (Å²) in [4.78, 5) is 27.3. The molecule has 0 unspecified atom stereocenters. The number of rotatable bonds is 6. The first-order valence-electron chi connectivity index (χ1n) is 7.46. The second-order valence-electron chi connectivity index (χ2n) is 5.10. The number of thiazole rings is 1. The zero-order valence-electron chi connectivity index (χ0n) is 13.9. The Hall–Kier alpha value is -2.26. The molecule has 7 nitrogen and oxygen atoms in total. The first-order valence-corrected chi connectivity index (χ1v) is 9.93. The van der Waals surface area contributed by atoms with Gasteiger partial charge in [0.15, 0.2) is 4.80 Å². The summed E-state index contributed by atoms with van der Waals surface area (Å²) in [6, 6.07) is 5.49. The Morgan fingerprint density at radius 1 is 1.40 bits per heavy atom. The Bertz CT molecular complexity index is 999. The van der Waals surface area contributed by atoms with Crippen molar-refractivity contribution < 1.29 is 22.7 Å². The number of sulfone groups is 1. The van der Waals surface area contributed by atoms with Crippen molar-refractivity contribution in [3.63, 3.8) is 0 Å². The number of carbonyl (C=O) groups excluding carboxylic acids is 2. The third-order valence-corrected chi connectivity index (χ3v) is 5.79. The number of benzene rings is 1. The third kappa shape index (κ3) is 4.43. The molecule has 1 aromatic carbocycles. The lowest BCUT2D eigenvalue weighted by Crippen LogP contribution is -2.23. The minimum atomic E-state index is -4.11. The van der Waals surface area contributed by atoms with E-state index in [2.05, 4.69) is 11.6 Å². The highest BCUT2D eigenvalue weighted by Gasteiger charge is 2.21. The fraction of sp³-hybridized carbons (Fsp3) is 0.312. The molecule has 0 saturated heterocycles. The summed E-state index contributed by atoms with van der Waals surface area (Å²) in [5.41, 5.74) is 0.828. The summed E-state index contributed by atoms with van der Waals surface area (Å²) >= 11 is 1.23. The third-order valence-electron chi connectivity index (χ3n) is 3.25. The zero-order chi connectivity index (χ0) is 18.6. The molecule has 2 rings (SSSR count). The van der Waals surface area contributed by atoms with E-state index in [1.807, 2.05) is 25.1 Å². The lowest BCUT2D eigenvalue weighted by atomic mass is 10.3. The van der Waals surface area contributed by atoms with Crippen LogP contribution in [0.5, 0.6) is 5.75 Å². The Kier molecular flexibility index (Phi) is 5.91. The first-order chi connectivity index (χ1) is 11.8. The molecule has 2 aromatic rings. The van der Waals surface area contributed by atoms with Gasteiger partial charge in [0.1, 0.15) is 11.5 Å². The number of hydrogen-bond donors (Lipinski definition) is 0. The molecule has 0 N–H and O–H groups in total. The quantitative estimate of drug-likeness (QED) is 0.709. The molecule has 0 spiro atoms. The van der Waals surface area contributed by atoms with Gasteiger partial charge >= 0.3 is 0 Å². The number of fused-ring (bicyclic) bond motifs is 1. The van der Waals surface area contributed by atoms with Gasteiger partial charge in [-0.15, -0.1) is 6.58 Å². The van der Waals surface area contributed by atoms with Crippen LogP contribution in [-0.2, 0) is 26.0 Å². The molecule has 0 aliphatic heterocycles. The maximum absolute atomic E-state index is 12.0. The van der Waals surface area contributed by atoms with Crippen molar-refractivity contribution in [2.24, 2.45) is 4.99 Å². The molecule has 0 bridgehead atoms. The van der Waals surface area contributed by atoms with E-state index < -0.39 is 26.6 Å². The van der Waals surface area contributed by atoms with E-state index in [4.69, 9.17) is 4.74 Å². The van der Waals surface area contributed by atoms with Crippen molar-refractivity contribution in [1.82, 2.24) is 4.57 Å². The van der Waals surface area contributed by atoms with Crippen molar-refractivity contribution in [3.05, 3.63) is 35.7 Å². The summed E-state index contributed by atoms with van der Waals surface area (Å²) in [6.07, 6.45) is 1.65. The van der Waals surface area contributed by atoms with Crippen molar-refractivity contribution in [2.45, 2.75) is 20.4 Å². The van der Waals surface area contributed by atoms with Crippen LogP contribution in [0, 0.1) is 0 Å². The van der Waals surface area contributed by atoms with Crippen LogP contribution in [-0.4, -0.2) is 36.4 Å². The van der Waals surface area contributed by atoms with Crippen molar-refractivity contribution >= 4 is 42.4 Å². The number of allylic oxidation sites excluding steroid dienone is 1. The van der Waals surface area contributed by atoms with Crippen LogP contribution in [0.2, 0.25) is 0 Å². The minimum absolute atomic E-state index is 0.340. The molecule has 134 valence electrons. The van der Waals surface area contributed by atoms with Crippen LogP contribution in [0.3, 0.4) is 0 Å². The van der Waals surface area contributed by atoms with Crippen LogP contribution in [0.4, 0.5) is 0 Å². The van der Waals surface area contributed by atoms with Gasteiger partial charge < -0.3 is 9.30 Å². The summed E-state index contributed by atoms with van der Waals surface area (Å²) in [7, 11) is -4.11. The highest BCUT2D eigenvalue weighted by atomic mass is 32.2. The maximum Gasteiger partial charge on any atom is 0.264 e. The van der Waals surface area contributed by atoms with E-state index >= 15 is 0 Å². The smallest absolute Gasteiger partial charge is 0.264 e. The summed E-state index contributed by atoms with van der Waals surface area (Å²) in [5, 5.41) is -1.05. The summed E-state index contributed by atoms with van der Waals surface area (Å²) in [5.74, 6) is -1.13. The van der Waals surface area contributed by atoms with E-state index in [1.54, 1.807) is 10.6 Å². The minimum Gasteiger partial charge on any atom is -0.494 e. The normalized spacial score (nSPS) is 12.3.